The standard InChI is InChI=1S/C27H24Cl2N4O/c28-24-9-6-21(7-10-24)26-16-25(29)11-8-22(26)18-31-12-14-32(15-13-31)27(34)33-19-23(17-30-33)20-4-2-1-3-5-20/h1-11,16-17,19H,12-15,18H2. The van der Waals surface area contributed by atoms with E-state index in [1.807, 2.05) is 71.6 Å². The summed E-state index contributed by atoms with van der Waals surface area (Å²) in [5, 5.41) is 5.72. The smallest absolute Gasteiger partial charge is 0.320 e. The highest BCUT2D eigenvalue weighted by molar-refractivity contribution is 6.31. The second-order valence-electron chi connectivity index (χ2n) is 8.39. The molecule has 7 heteroatoms. The quantitative estimate of drug-likeness (QED) is 0.336. The lowest BCUT2D eigenvalue weighted by Crippen LogP contribution is -2.49. The lowest BCUT2D eigenvalue weighted by Gasteiger charge is -2.34. The first-order valence-electron chi connectivity index (χ1n) is 11.2. The number of hydrogen-bond donors (Lipinski definition) is 0. The summed E-state index contributed by atoms with van der Waals surface area (Å²) >= 11 is 12.4. The van der Waals surface area contributed by atoms with Crippen molar-refractivity contribution in [1.82, 2.24) is 19.6 Å². The topological polar surface area (TPSA) is 41.4 Å². The number of halogens is 2. The molecule has 0 bridgehead atoms. The second-order valence-corrected chi connectivity index (χ2v) is 9.27. The molecule has 34 heavy (non-hydrogen) atoms. The van der Waals surface area contributed by atoms with E-state index < -0.39 is 0 Å². The van der Waals surface area contributed by atoms with Crippen molar-refractivity contribution in [2.24, 2.45) is 0 Å². The molecule has 0 aliphatic carbocycles. The second kappa shape index (κ2) is 10.0. The van der Waals surface area contributed by atoms with Crippen LogP contribution in [0.25, 0.3) is 22.3 Å². The summed E-state index contributed by atoms with van der Waals surface area (Å²) in [5.41, 5.74) is 5.37. The lowest BCUT2D eigenvalue weighted by atomic mass is 9.99. The lowest BCUT2D eigenvalue weighted by molar-refractivity contribution is 0.134. The molecule has 1 aromatic heterocycles. The van der Waals surface area contributed by atoms with Crippen LogP contribution in [-0.4, -0.2) is 51.8 Å². The predicted octanol–water partition coefficient (Wildman–Crippen LogP) is 6.31. The molecule has 1 amide bonds. The van der Waals surface area contributed by atoms with Crippen molar-refractivity contribution in [1.29, 1.82) is 0 Å². The van der Waals surface area contributed by atoms with Gasteiger partial charge >= 0.3 is 6.03 Å². The van der Waals surface area contributed by atoms with E-state index in [9.17, 15) is 4.79 Å². The van der Waals surface area contributed by atoms with Gasteiger partial charge in [-0.1, -0.05) is 71.7 Å². The number of piperazine rings is 1. The van der Waals surface area contributed by atoms with E-state index in [1.54, 1.807) is 12.4 Å². The Morgan fingerprint density at radius 2 is 1.50 bits per heavy atom. The summed E-state index contributed by atoms with van der Waals surface area (Å²) in [6.07, 6.45) is 3.54. The van der Waals surface area contributed by atoms with Crippen LogP contribution >= 0.6 is 23.2 Å². The van der Waals surface area contributed by atoms with Gasteiger partial charge in [0.2, 0.25) is 0 Å². The molecule has 5 rings (SSSR count). The van der Waals surface area contributed by atoms with Crippen LogP contribution in [-0.2, 0) is 6.54 Å². The first-order valence-corrected chi connectivity index (χ1v) is 12.0. The average Bonchev–Trinajstić information content (AvgIpc) is 3.37. The Morgan fingerprint density at radius 1 is 0.794 bits per heavy atom. The molecule has 5 nitrogen and oxygen atoms in total. The molecule has 2 heterocycles. The van der Waals surface area contributed by atoms with Crippen molar-refractivity contribution in [2.75, 3.05) is 26.2 Å². The minimum Gasteiger partial charge on any atom is -0.320 e. The van der Waals surface area contributed by atoms with E-state index in [0.717, 1.165) is 41.9 Å². The molecule has 1 aliphatic rings. The van der Waals surface area contributed by atoms with E-state index in [4.69, 9.17) is 23.2 Å². The zero-order valence-corrected chi connectivity index (χ0v) is 20.1. The Kier molecular flexibility index (Phi) is 6.68. The largest absolute Gasteiger partial charge is 0.344 e. The fourth-order valence-electron chi connectivity index (χ4n) is 4.27. The molecule has 3 aromatic carbocycles. The Balaban J connectivity index is 1.24. The molecular weight excluding hydrogens is 467 g/mol. The van der Waals surface area contributed by atoms with Crippen molar-refractivity contribution >= 4 is 29.2 Å². The Hall–Kier alpha value is -3.12. The normalized spacial score (nSPS) is 14.4. The molecule has 0 spiro atoms. The number of rotatable bonds is 4. The Morgan fingerprint density at radius 3 is 2.24 bits per heavy atom. The summed E-state index contributed by atoms with van der Waals surface area (Å²) in [6, 6.07) is 23.7. The third kappa shape index (κ3) is 5.02. The summed E-state index contributed by atoms with van der Waals surface area (Å²) in [4.78, 5) is 17.2. The zero-order valence-electron chi connectivity index (χ0n) is 18.6. The highest BCUT2D eigenvalue weighted by Gasteiger charge is 2.23. The number of carbonyl (C=O) groups is 1. The van der Waals surface area contributed by atoms with Gasteiger partial charge in [-0.2, -0.15) is 9.78 Å². The maximum Gasteiger partial charge on any atom is 0.344 e. The maximum absolute atomic E-state index is 13.0. The molecule has 4 aromatic rings. The van der Waals surface area contributed by atoms with Crippen molar-refractivity contribution in [3.8, 4) is 22.3 Å². The van der Waals surface area contributed by atoms with Crippen LogP contribution in [0, 0.1) is 0 Å². The Bertz CT molecular complexity index is 1280. The first-order chi connectivity index (χ1) is 16.6. The number of nitrogens with zero attached hydrogens (tertiary/aromatic N) is 4. The predicted molar refractivity (Wildman–Crippen MR) is 137 cm³/mol. The van der Waals surface area contributed by atoms with E-state index in [-0.39, 0.29) is 6.03 Å². The van der Waals surface area contributed by atoms with E-state index in [0.29, 0.717) is 23.1 Å². The van der Waals surface area contributed by atoms with Gasteiger partial charge in [-0.3, -0.25) is 4.90 Å². The van der Waals surface area contributed by atoms with Crippen molar-refractivity contribution in [2.45, 2.75) is 6.54 Å². The molecule has 1 aliphatic heterocycles. The molecule has 0 saturated carbocycles. The van der Waals surface area contributed by atoms with Gasteiger partial charge in [0.25, 0.3) is 0 Å². The molecule has 0 atom stereocenters. The molecular formula is C27H24Cl2N4O. The summed E-state index contributed by atoms with van der Waals surface area (Å²) in [7, 11) is 0. The number of hydrogen-bond acceptors (Lipinski definition) is 3. The average molecular weight is 491 g/mol. The SMILES string of the molecule is O=C(N1CCN(Cc2ccc(Cl)cc2-c2ccc(Cl)cc2)CC1)n1cc(-c2ccccc2)cn1. The van der Waals surface area contributed by atoms with Gasteiger partial charge in [0.15, 0.2) is 0 Å². The zero-order chi connectivity index (χ0) is 23.5. The third-order valence-electron chi connectivity index (χ3n) is 6.15. The number of amides is 1. The summed E-state index contributed by atoms with van der Waals surface area (Å²) in [5.74, 6) is 0. The van der Waals surface area contributed by atoms with E-state index in [1.165, 1.54) is 10.2 Å². The Labute approximate surface area is 209 Å². The van der Waals surface area contributed by atoms with Gasteiger partial charge < -0.3 is 4.90 Å². The van der Waals surface area contributed by atoms with E-state index >= 15 is 0 Å². The minimum atomic E-state index is -0.0878. The van der Waals surface area contributed by atoms with Crippen LogP contribution in [0.4, 0.5) is 4.79 Å². The van der Waals surface area contributed by atoms with Crippen molar-refractivity contribution in [3.05, 3.63) is 101 Å². The fraction of sp³-hybridized carbons (Fsp3) is 0.185. The first kappa shape index (κ1) is 22.7. The van der Waals surface area contributed by atoms with Gasteiger partial charge in [-0.15, -0.1) is 0 Å². The highest BCUT2D eigenvalue weighted by Crippen LogP contribution is 2.29. The number of carbonyl (C=O) groups excluding carboxylic acids is 1. The molecule has 172 valence electrons. The maximum atomic E-state index is 13.0. The minimum absolute atomic E-state index is 0.0878. The molecule has 0 unspecified atom stereocenters. The van der Waals surface area contributed by atoms with Crippen LogP contribution in [0.2, 0.25) is 10.0 Å². The van der Waals surface area contributed by atoms with Gasteiger partial charge in [-0.25, -0.2) is 4.79 Å². The van der Waals surface area contributed by atoms with Crippen LogP contribution in [0.1, 0.15) is 5.56 Å². The molecule has 0 N–H and O–H groups in total. The molecule has 1 saturated heterocycles. The van der Waals surface area contributed by atoms with Gasteiger partial charge in [-0.05, 0) is 46.5 Å². The summed E-state index contributed by atoms with van der Waals surface area (Å²) in [6.45, 7) is 3.69. The summed E-state index contributed by atoms with van der Waals surface area (Å²) < 4.78 is 1.44. The number of benzene rings is 3. The van der Waals surface area contributed by atoms with Gasteiger partial charge in [0.1, 0.15) is 0 Å². The van der Waals surface area contributed by atoms with Crippen LogP contribution in [0.3, 0.4) is 0 Å². The van der Waals surface area contributed by atoms with Crippen molar-refractivity contribution in [3.63, 3.8) is 0 Å². The molecule has 0 radical (unpaired) electrons. The van der Waals surface area contributed by atoms with Crippen LogP contribution in [0.15, 0.2) is 85.2 Å². The molecule has 1 fully saturated rings. The monoisotopic (exact) mass is 490 g/mol. The highest BCUT2D eigenvalue weighted by atomic mass is 35.5. The van der Waals surface area contributed by atoms with Crippen LogP contribution in [0.5, 0.6) is 0 Å². The van der Waals surface area contributed by atoms with E-state index in [2.05, 4.69) is 16.1 Å². The fourth-order valence-corrected chi connectivity index (χ4v) is 4.57. The van der Waals surface area contributed by atoms with Gasteiger partial charge in [0, 0.05) is 54.5 Å². The van der Waals surface area contributed by atoms with Gasteiger partial charge in [0.05, 0.1) is 6.20 Å². The third-order valence-corrected chi connectivity index (χ3v) is 6.64. The van der Waals surface area contributed by atoms with Crippen molar-refractivity contribution < 1.29 is 4.79 Å². The number of aromatic nitrogens is 2. The van der Waals surface area contributed by atoms with Crippen LogP contribution < -0.4 is 0 Å².